The third-order valence-electron chi connectivity index (χ3n) is 3.74. The van der Waals surface area contributed by atoms with Gasteiger partial charge in [-0.3, -0.25) is 10.1 Å². The standard InChI is InChI=1S/C20H18Cl2N2O2S/c1-2-9-26-16-6-3-13(4-7-16)19(25)24-20-23-12-17(27-20)11-14-10-15(21)5-8-18(14)22/h3-8,10,12H,2,9,11H2,1H3,(H,23,24,25). The minimum absolute atomic E-state index is 0.210. The lowest BCUT2D eigenvalue weighted by molar-refractivity contribution is 0.102. The first-order chi connectivity index (χ1) is 13.0. The van der Waals surface area contributed by atoms with Crippen LogP contribution in [0, 0.1) is 0 Å². The smallest absolute Gasteiger partial charge is 0.257 e. The molecule has 3 rings (SSSR count). The van der Waals surface area contributed by atoms with E-state index in [-0.39, 0.29) is 5.91 Å². The fourth-order valence-corrected chi connectivity index (χ4v) is 3.61. The molecule has 0 atom stereocenters. The number of nitrogens with zero attached hydrogens (tertiary/aromatic N) is 1. The van der Waals surface area contributed by atoms with Crippen molar-refractivity contribution >= 4 is 45.6 Å². The second kappa shape index (κ2) is 9.22. The van der Waals surface area contributed by atoms with Crippen molar-refractivity contribution in [3.05, 3.63) is 74.7 Å². The van der Waals surface area contributed by atoms with Crippen LogP contribution < -0.4 is 10.1 Å². The maximum Gasteiger partial charge on any atom is 0.257 e. The molecule has 140 valence electrons. The fraction of sp³-hybridized carbons (Fsp3) is 0.200. The maximum atomic E-state index is 12.4. The van der Waals surface area contributed by atoms with Crippen molar-refractivity contribution in [2.45, 2.75) is 19.8 Å². The van der Waals surface area contributed by atoms with Gasteiger partial charge in [0.25, 0.3) is 5.91 Å². The summed E-state index contributed by atoms with van der Waals surface area (Å²) in [5, 5.41) is 4.66. The number of amides is 1. The lowest BCUT2D eigenvalue weighted by atomic mass is 10.1. The summed E-state index contributed by atoms with van der Waals surface area (Å²) < 4.78 is 5.52. The highest BCUT2D eigenvalue weighted by Crippen LogP contribution is 2.27. The van der Waals surface area contributed by atoms with E-state index in [1.807, 2.05) is 13.0 Å². The normalized spacial score (nSPS) is 10.6. The van der Waals surface area contributed by atoms with Crippen LogP contribution in [-0.4, -0.2) is 17.5 Å². The molecule has 1 heterocycles. The number of halogens is 2. The summed E-state index contributed by atoms with van der Waals surface area (Å²) in [4.78, 5) is 17.6. The summed E-state index contributed by atoms with van der Waals surface area (Å²) >= 11 is 13.6. The van der Waals surface area contributed by atoms with E-state index < -0.39 is 0 Å². The van der Waals surface area contributed by atoms with Crippen molar-refractivity contribution in [1.82, 2.24) is 4.98 Å². The van der Waals surface area contributed by atoms with Crippen LogP contribution in [0.3, 0.4) is 0 Å². The highest BCUT2D eigenvalue weighted by Gasteiger charge is 2.11. The molecule has 0 saturated heterocycles. The Balaban J connectivity index is 1.63. The zero-order valence-electron chi connectivity index (χ0n) is 14.7. The van der Waals surface area contributed by atoms with Crippen LogP contribution >= 0.6 is 34.5 Å². The van der Waals surface area contributed by atoms with E-state index in [0.29, 0.717) is 33.8 Å². The predicted molar refractivity (Wildman–Crippen MR) is 112 cm³/mol. The molecule has 4 nitrogen and oxygen atoms in total. The number of rotatable bonds is 7. The third-order valence-corrected chi connectivity index (χ3v) is 5.25. The molecule has 0 unspecified atom stereocenters. The molecule has 1 aromatic heterocycles. The number of nitrogens with one attached hydrogen (secondary N) is 1. The Morgan fingerprint density at radius 1 is 1.19 bits per heavy atom. The van der Waals surface area contributed by atoms with E-state index in [0.717, 1.165) is 22.6 Å². The first-order valence-electron chi connectivity index (χ1n) is 8.48. The van der Waals surface area contributed by atoms with Gasteiger partial charge in [0.1, 0.15) is 5.75 Å². The van der Waals surface area contributed by atoms with Gasteiger partial charge in [-0.1, -0.05) is 30.1 Å². The summed E-state index contributed by atoms with van der Waals surface area (Å²) in [6.07, 6.45) is 3.28. The van der Waals surface area contributed by atoms with E-state index in [2.05, 4.69) is 10.3 Å². The highest BCUT2D eigenvalue weighted by molar-refractivity contribution is 7.15. The molecule has 0 saturated carbocycles. The van der Waals surface area contributed by atoms with Crippen molar-refractivity contribution in [2.24, 2.45) is 0 Å². The molecule has 0 aliphatic carbocycles. The molecule has 0 aliphatic heterocycles. The monoisotopic (exact) mass is 420 g/mol. The van der Waals surface area contributed by atoms with Gasteiger partial charge in [-0.05, 0) is 54.4 Å². The van der Waals surface area contributed by atoms with Crippen LogP contribution in [0.1, 0.15) is 34.1 Å². The van der Waals surface area contributed by atoms with Gasteiger partial charge in [0, 0.05) is 33.1 Å². The molecule has 1 amide bonds. The average molecular weight is 421 g/mol. The third kappa shape index (κ3) is 5.45. The van der Waals surface area contributed by atoms with Crippen LogP contribution in [0.4, 0.5) is 5.13 Å². The molecule has 0 bridgehead atoms. The van der Waals surface area contributed by atoms with Crippen molar-refractivity contribution in [3.8, 4) is 5.75 Å². The van der Waals surface area contributed by atoms with Gasteiger partial charge in [-0.25, -0.2) is 4.98 Å². The van der Waals surface area contributed by atoms with Crippen molar-refractivity contribution in [2.75, 3.05) is 11.9 Å². The SMILES string of the molecule is CCCOc1ccc(C(=O)Nc2ncc(Cc3cc(Cl)ccc3Cl)s2)cc1. The Morgan fingerprint density at radius 3 is 2.70 bits per heavy atom. The van der Waals surface area contributed by atoms with Crippen LogP contribution in [0.5, 0.6) is 5.75 Å². The number of benzene rings is 2. The molecule has 0 spiro atoms. The van der Waals surface area contributed by atoms with E-state index >= 15 is 0 Å². The van der Waals surface area contributed by atoms with Gasteiger partial charge < -0.3 is 4.74 Å². The first-order valence-corrected chi connectivity index (χ1v) is 10.0. The van der Waals surface area contributed by atoms with E-state index in [1.165, 1.54) is 11.3 Å². The zero-order chi connectivity index (χ0) is 19.2. The molecule has 2 aromatic carbocycles. The number of anilines is 1. The number of carbonyl (C=O) groups is 1. The molecular weight excluding hydrogens is 403 g/mol. The molecular formula is C20H18Cl2N2O2S. The van der Waals surface area contributed by atoms with Gasteiger partial charge in [0.15, 0.2) is 5.13 Å². The number of hydrogen-bond donors (Lipinski definition) is 1. The minimum Gasteiger partial charge on any atom is -0.494 e. The fourth-order valence-electron chi connectivity index (χ4n) is 2.41. The van der Waals surface area contributed by atoms with E-state index in [4.69, 9.17) is 27.9 Å². The number of hydrogen-bond acceptors (Lipinski definition) is 4. The molecule has 0 aliphatic rings. The Morgan fingerprint density at radius 2 is 1.96 bits per heavy atom. The highest BCUT2D eigenvalue weighted by atomic mass is 35.5. The molecule has 3 aromatic rings. The van der Waals surface area contributed by atoms with Crippen LogP contribution in [0.2, 0.25) is 10.0 Å². The molecule has 27 heavy (non-hydrogen) atoms. The lowest BCUT2D eigenvalue weighted by Crippen LogP contribution is -2.11. The summed E-state index contributed by atoms with van der Waals surface area (Å²) in [6, 6.07) is 12.4. The summed E-state index contributed by atoms with van der Waals surface area (Å²) in [5.74, 6) is 0.544. The van der Waals surface area contributed by atoms with Crippen molar-refractivity contribution in [1.29, 1.82) is 0 Å². The maximum absolute atomic E-state index is 12.4. The largest absolute Gasteiger partial charge is 0.494 e. The predicted octanol–water partition coefficient (Wildman–Crippen LogP) is 6.08. The second-order valence-corrected chi connectivity index (χ2v) is 7.83. The summed E-state index contributed by atoms with van der Waals surface area (Å²) in [5.41, 5.74) is 1.47. The quantitative estimate of drug-likeness (QED) is 0.503. The van der Waals surface area contributed by atoms with Gasteiger partial charge in [-0.2, -0.15) is 0 Å². The molecule has 0 radical (unpaired) electrons. The number of aromatic nitrogens is 1. The van der Waals surface area contributed by atoms with Crippen molar-refractivity contribution in [3.63, 3.8) is 0 Å². The van der Waals surface area contributed by atoms with E-state index in [9.17, 15) is 4.79 Å². The Kier molecular flexibility index (Phi) is 6.72. The summed E-state index contributed by atoms with van der Waals surface area (Å²) in [7, 11) is 0. The van der Waals surface area contributed by atoms with Gasteiger partial charge in [-0.15, -0.1) is 11.3 Å². The number of thiazole rings is 1. The Labute approximate surface area is 172 Å². The van der Waals surface area contributed by atoms with Gasteiger partial charge >= 0.3 is 0 Å². The van der Waals surface area contributed by atoms with E-state index in [1.54, 1.807) is 42.6 Å². The van der Waals surface area contributed by atoms with Crippen LogP contribution in [0.25, 0.3) is 0 Å². The minimum atomic E-state index is -0.210. The number of ether oxygens (including phenoxy) is 1. The summed E-state index contributed by atoms with van der Waals surface area (Å²) in [6.45, 7) is 2.70. The molecule has 7 heteroatoms. The Bertz CT molecular complexity index is 926. The van der Waals surface area contributed by atoms with Crippen LogP contribution in [0.15, 0.2) is 48.7 Å². The Hall–Kier alpha value is -2.08. The average Bonchev–Trinajstić information content (AvgIpc) is 3.10. The molecule has 0 fully saturated rings. The first kappa shape index (κ1) is 19.7. The van der Waals surface area contributed by atoms with Crippen molar-refractivity contribution < 1.29 is 9.53 Å². The van der Waals surface area contributed by atoms with Gasteiger partial charge in [0.05, 0.1) is 6.61 Å². The number of carbonyl (C=O) groups excluding carboxylic acids is 1. The second-order valence-electron chi connectivity index (χ2n) is 5.87. The molecule has 1 N–H and O–H groups in total. The zero-order valence-corrected chi connectivity index (χ0v) is 17.0. The topological polar surface area (TPSA) is 51.2 Å². The van der Waals surface area contributed by atoms with Crippen LogP contribution in [-0.2, 0) is 6.42 Å². The van der Waals surface area contributed by atoms with Gasteiger partial charge in [0.2, 0.25) is 0 Å². The lowest BCUT2D eigenvalue weighted by Gasteiger charge is -2.06.